The first-order valence-corrected chi connectivity index (χ1v) is 14.1. The van der Waals surface area contributed by atoms with Crippen LogP contribution in [0.1, 0.15) is 81.1 Å². The largest absolute Gasteiger partial charge is 0.325 e. The van der Waals surface area contributed by atoms with Crippen molar-refractivity contribution in [1.29, 1.82) is 0 Å². The number of hydrogen-bond donors (Lipinski definition) is 2. The lowest BCUT2D eigenvalue weighted by atomic mass is 9.78. The average Bonchev–Trinajstić information content (AvgIpc) is 3.26. The Morgan fingerprint density at radius 1 is 0.526 bits per heavy atom. The molecule has 6 fully saturated rings. The molecule has 0 aliphatic carbocycles. The second-order valence-electron chi connectivity index (χ2n) is 15.0. The number of carbonyl (C=O) groups is 2. The molecule has 214 valence electrons. The summed E-state index contributed by atoms with van der Waals surface area (Å²) in [5.74, 6) is 0. The van der Waals surface area contributed by atoms with Crippen LogP contribution in [0.25, 0.3) is 0 Å². The van der Waals surface area contributed by atoms with E-state index >= 15 is 0 Å². The molecule has 4 amide bonds. The average molecular weight is 535 g/mol. The summed E-state index contributed by atoms with van der Waals surface area (Å²) in [6.45, 7) is 18.3. The third kappa shape index (κ3) is 3.63. The molecule has 0 radical (unpaired) electrons. The lowest BCUT2D eigenvalue weighted by Crippen LogP contribution is -2.68. The van der Waals surface area contributed by atoms with E-state index in [9.17, 15) is 20.0 Å². The van der Waals surface area contributed by atoms with Crippen LogP contribution in [0, 0.1) is 0 Å². The van der Waals surface area contributed by atoms with E-state index in [1.54, 1.807) is 0 Å². The Kier molecular flexibility index (Phi) is 5.54. The Labute approximate surface area is 226 Å². The van der Waals surface area contributed by atoms with E-state index in [1.807, 2.05) is 75.0 Å². The lowest BCUT2D eigenvalue weighted by molar-refractivity contribution is -0.255. The van der Waals surface area contributed by atoms with Crippen LogP contribution in [-0.4, -0.2) is 135 Å². The molecule has 6 rings (SSSR count). The lowest BCUT2D eigenvalue weighted by Gasteiger charge is -2.55. The summed E-state index contributed by atoms with van der Waals surface area (Å²) < 4.78 is 0. The van der Waals surface area contributed by atoms with Gasteiger partial charge < -0.3 is 10.4 Å². The molecule has 0 saturated carbocycles. The van der Waals surface area contributed by atoms with Crippen molar-refractivity contribution < 1.29 is 20.0 Å². The molecule has 0 spiro atoms. The van der Waals surface area contributed by atoms with E-state index < -0.39 is 22.2 Å². The van der Waals surface area contributed by atoms with Crippen LogP contribution in [0.3, 0.4) is 0 Å². The number of piperidine rings is 2. The Bertz CT molecular complexity index is 885. The Balaban J connectivity index is 1.24. The van der Waals surface area contributed by atoms with Gasteiger partial charge in [0.05, 0.1) is 26.7 Å². The summed E-state index contributed by atoms with van der Waals surface area (Å²) >= 11 is 0. The first-order valence-electron chi connectivity index (χ1n) is 14.1. The van der Waals surface area contributed by atoms with Crippen molar-refractivity contribution in [2.24, 2.45) is 0 Å². The number of amides is 4. The van der Waals surface area contributed by atoms with Gasteiger partial charge >= 0.3 is 12.1 Å². The third-order valence-electron chi connectivity index (χ3n) is 10.1. The highest BCUT2D eigenvalue weighted by atomic mass is 16.5. The summed E-state index contributed by atoms with van der Waals surface area (Å²) in [6, 6.07) is 0.236. The molecule has 38 heavy (non-hydrogen) atoms. The molecule has 6 aliphatic heterocycles. The summed E-state index contributed by atoms with van der Waals surface area (Å²) in [4.78, 5) is 39.7. The van der Waals surface area contributed by atoms with E-state index in [0.29, 0.717) is 26.7 Å². The van der Waals surface area contributed by atoms with Gasteiger partial charge in [-0.05, 0) is 81.1 Å². The molecule has 6 heterocycles. The second kappa shape index (κ2) is 7.94. The van der Waals surface area contributed by atoms with Gasteiger partial charge in [-0.15, -0.1) is 0 Å². The van der Waals surface area contributed by atoms with Crippen LogP contribution in [0.2, 0.25) is 0 Å². The van der Waals surface area contributed by atoms with Gasteiger partial charge in [-0.3, -0.25) is 29.4 Å². The first kappa shape index (κ1) is 26.5. The zero-order valence-corrected chi connectivity index (χ0v) is 24.3. The van der Waals surface area contributed by atoms with Crippen molar-refractivity contribution in [2.75, 3.05) is 26.7 Å². The summed E-state index contributed by atoms with van der Waals surface area (Å²) in [7, 11) is 0. The Morgan fingerprint density at radius 3 is 1.00 bits per heavy atom. The first-order chi connectivity index (χ1) is 17.4. The topological polar surface area (TPSA) is 101 Å². The normalized spacial score (nSPS) is 33.1. The third-order valence-corrected chi connectivity index (χ3v) is 10.1. The molecule has 0 aromatic heterocycles. The van der Waals surface area contributed by atoms with Crippen molar-refractivity contribution in [3.8, 4) is 0 Å². The molecule has 0 aromatic rings. The van der Waals surface area contributed by atoms with Crippen LogP contribution in [0.15, 0.2) is 0 Å². The fourth-order valence-corrected chi connectivity index (χ4v) is 8.63. The molecule has 6 aliphatic rings. The highest BCUT2D eigenvalue weighted by molar-refractivity contribution is 5.85. The summed E-state index contributed by atoms with van der Waals surface area (Å²) in [5.41, 5.74) is -1.64. The fourth-order valence-electron chi connectivity index (χ4n) is 8.63. The number of rotatable bonds is 2. The van der Waals surface area contributed by atoms with E-state index in [4.69, 9.17) is 0 Å². The maximum absolute atomic E-state index is 13.9. The Morgan fingerprint density at radius 2 is 0.763 bits per heavy atom. The standard InChI is InChI=1S/C26H46N8O4/c1-23(2)9-17(10-24(3,4)33(23)37)27-13-29-19-20-31(21(29)35)15-28(16-32(20)22(36)30(19)14-27)18-11-25(5,6)34(38)26(7,8)12-18/h17-20,37-38H,9-16H2,1-8H3. The van der Waals surface area contributed by atoms with Gasteiger partial charge in [0, 0.05) is 34.2 Å². The van der Waals surface area contributed by atoms with E-state index in [-0.39, 0.29) is 36.5 Å². The molecular formula is C26H46N8O4. The van der Waals surface area contributed by atoms with Gasteiger partial charge in [0.25, 0.3) is 0 Å². The highest BCUT2D eigenvalue weighted by Gasteiger charge is 2.64. The highest BCUT2D eigenvalue weighted by Crippen LogP contribution is 2.45. The fraction of sp³-hybridized carbons (Fsp3) is 0.923. The molecule has 0 unspecified atom stereocenters. The minimum atomic E-state index is -0.411. The van der Waals surface area contributed by atoms with Gasteiger partial charge in [-0.25, -0.2) is 9.59 Å². The smallest absolute Gasteiger partial charge is 0.313 e. The SMILES string of the molecule is CC1(C)CC(N2CN3C(=O)N4CN(C5CC(C)(C)N(O)C(C)(C)C5)CN5C(=O)N(C2)C3C45)CC(C)(C)N1O. The van der Waals surface area contributed by atoms with Crippen molar-refractivity contribution in [3.05, 3.63) is 0 Å². The zero-order valence-electron chi connectivity index (χ0n) is 24.3. The molecule has 12 heteroatoms. The number of nitrogens with zero attached hydrogens (tertiary/aromatic N) is 8. The van der Waals surface area contributed by atoms with Crippen molar-refractivity contribution in [3.63, 3.8) is 0 Å². The molecule has 2 N–H and O–H groups in total. The van der Waals surface area contributed by atoms with Crippen LogP contribution in [0.4, 0.5) is 9.59 Å². The van der Waals surface area contributed by atoms with Gasteiger partial charge in [0.1, 0.15) is 0 Å². The number of hydroxylamine groups is 4. The van der Waals surface area contributed by atoms with Crippen LogP contribution in [0.5, 0.6) is 0 Å². The number of carbonyl (C=O) groups excluding carboxylic acids is 2. The van der Waals surface area contributed by atoms with Crippen molar-refractivity contribution in [1.82, 2.24) is 39.5 Å². The summed E-state index contributed by atoms with van der Waals surface area (Å²) in [5, 5.41) is 24.5. The maximum Gasteiger partial charge on any atom is 0.325 e. The van der Waals surface area contributed by atoms with Gasteiger partial charge in [0.15, 0.2) is 12.3 Å². The molecule has 6 saturated heterocycles. The van der Waals surface area contributed by atoms with Crippen LogP contribution < -0.4 is 0 Å². The maximum atomic E-state index is 13.9. The predicted molar refractivity (Wildman–Crippen MR) is 138 cm³/mol. The number of hydrogen-bond acceptors (Lipinski definition) is 8. The molecule has 0 aromatic carbocycles. The van der Waals surface area contributed by atoms with Crippen molar-refractivity contribution in [2.45, 2.75) is 128 Å². The van der Waals surface area contributed by atoms with E-state index in [1.165, 1.54) is 10.1 Å². The number of urea groups is 2. The Hall–Kier alpha value is -1.70. The minimum Gasteiger partial charge on any atom is -0.313 e. The zero-order chi connectivity index (χ0) is 27.7. The van der Waals surface area contributed by atoms with Gasteiger partial charge in [-0.1, -0.05) is 0 Å². The molecule has 12 nitrogen and oxygen atoms in total. The molecule has 0 bridgehead atoms. The quantitative estimate of drug-likeness (QED) is 0.557. The molecular weight excluding hydrogens is 488 g/mol. The van der Waals surface area contributed by atoms with E-state index in [0.717, 1.165) is 25.7 Å². The van der Waals surface area contributed by atoms with Crippen LogP contribution in [-0.2, 0) is 0 Å². The summed E-state index contributed by atoms with van der Waals surface area (Å²) in [6.07, 6.45) is 2.48. The van der Waals surface area contributed by atoms with Crippen molar-refractivity contribution >= 4 is 12.1 Å². The van der Waals surface area contributed by atoms with E-state index in [2.05, 4.69) is 9.80 Å². The minimum absolute atomic E-state index is 0.0203. The molecule has 0 atom stereocenters. The van der Waals surface area contributed by atoms with Gasteiger partial charge in [0.2, 0.25) is 0 Å². The second-order valence-corrected chi connectivity index (χ2v) is 15.0. The predicted octanol–water partition coefficient (Wildman–Crippen LogP) is 2.40. The monoisotopic (exact) mass is 534 g/mol. The van der Waals surface area contributed by atoms with Gasteiger partial charge in [-0.2, -0.15) is 10.1 Å². The van der Waals surface area contributed by atoms with Crippen LogP contribution >= 0.6 is 0 Å².